The molecule has 2 aliphatic rings. The minimum Gasteiger partial charge on any atom is -0.491 e. The number of ether oxygens (including phenoxy) is 1. The van der Waals surface area contributed by atoms with Crippen LogP contribution in [0, 0.1) is 5.92 Å². The molecule has 162 valence electrons. The van der Waals surface area contributed by atoms with Gasteiger partial charge in [0, 0.05) is 24.5 Å². The molecule has 1 aliphatic heterocycles. The fourth-order valence-corrected chi connectivity index (χ4v) is 5.07. The van der Waals surface area contributed by atoms with Crippen LogP contribution in [0.3, 0.4) is 0 Å². The zero-order valence-corrected chi connectivity index (χ0v) is 18.5. The fourth-order valence-electron chi connectivity index (χ4n) is 4.14. The molecule has 5 nitrogen and oxygen atoms in total. The first-order valence-electron chi connectivity index (χ1n) is 11.1. The van der Waals surface area contributed by atoms with Crippen LogP contribution < -0.4 is 4.74 Å². The van der Waals surface area contributed by atoms with Crippen molar-refractivity contribution in [3.05, 3.63) is 52.2 Å². The molecule has 0 spiro atoms. The van der Waals surface area contributed by atoms with E-state index in [-0.39, 0.29) is 18.1 Å². The van der Waals surface area contributed by atoms with Crippen LogP contribution in [0.25, 0.3) is 0 Å². The Morgan fingerprint density at radius 3 is 2.83 bits per heavy atom. The molecule has 1 N–H and O–H groups in total. The number of aliphatic hydroxyl groups is 1. The molecule has 1 fully saturated rings. The lowest BCUT2D eigenvalue weighted by Gasteiger charge is -2.37. The summed E-state index contributed by atoms with van der Waals surface area (Å²) in [5, 5.41) is 12.3. The third-order valence-corrected chi connectivity index (χ3v) is 7.08. The summed E-state index contributed by atoms with van der Waals surface area (Å²) in [6.45, 7) is 5.02. The van der Waals surface area contributed by atoms with Crippen molar-refractivity contribution in [3.63, 3.8) is 0 Å². The number of aliphatic hydroxyl groups excluding tert-OH is 1. The van der Waals surface area contributed by atoms with E-state index < -0.39 is 0 Å². The number of para-hydroxylation sites is 1. The maximum Gasteiger partial charge on any atom is 0.237 e. The van der Waals surface area contributed by atoms with Gasteiger partial charge in [-0.15, -0.1) is 11.3 Å². The van der Waals surface area contributed by atoms with E-state index in [0.29, 0.717) is 32.0 Å². The first-order chi connectivity index (χ1) is 14.6. The molecule has 6 heteroatoms. The van der Waals surface area contributed by atoms with Gasteiger partial charge >= 0.3 is 0 Å². The second-order valence-electron chi connectivity index (χ2n) is 8.48. The second-order valence-corrected chi connectivity index (χ2v) is 9.48. The Morgan fingerprint density at radius 2 is 2.10 bits per heavy atom. The highest BCUT2D eigenvalue weighted by atomic mass is 32.1. The molecule has 0 saturated heterocycles. The molecule has 2 aromatic rings. The van der Waals surface area contributed by atoms with Crippen LogP contribution in [0.2, 0.25) is 0 Å². The summed E-state index contributed by atoms with van der Waals surface area (Å²) in [6.07, 6.45) is 3.72. The average Bonchev–Trinajstić information content (AvgIpc) is 3.44. The van der Waals surface area contributed by atoms with Gasteiger partial charge in [-0.1, -0.05) is 25.1 Å². The molecule has 0 bridgehead atoms. The van der Waals surface area contributed by atoms with Crippen molar-refractivity contribution in [2.75, 3.05) is 32.8 Å². The molecule has 4 rings (SSSR count). The molecular formula is C24H32N2O3S. The highest BCUT2D eigenvalue weighted by Gasteiger charge is 2.34. The van der Waals surface area contributed by atoms with E-state index in [4.69, 9.17) is 4.74 Å². The van der Waals surface area contributed by atoms with E-state index in [9.17, 15) is 9.90 Å². The molecule has 2 heterocycles. The van der Waals surface area contributed by atoms with Gasteiger partial charge in [0.15, 0.2) is 0 Å². The number of hydrogen-bond donors (Lipinski definition) is 1. The molecule has 1 amide bonds. The topological polar surface area (TPSA) is 53.0 Å². The van der Waals surface area contributed by atoms with Gasteiger partial charge in [0.2, 0.25) is 5.91 Å². The van der Waals surface area contributed by atoms with Crippen LogP contribution in [0.5, 0.6) is 5.75 Å². The summed E-state index contributed by atoms with van der Waals surface area (Å²) in [5.74, 6) is 1.65. The van der Waals surface area contributed by atoms with Crippen molar-refractivity contribution in [2.24, 2.45) is 5.92 Å². The van der Waals surface area contributed by atoms with Crippen LogP contribution in [0.4, 0.5) is 0 Å². The minimum atomic E-state index is -0.376. The lowest BCUT2D eigenvalue weighted by molar-refractivity contribution is -0.136. The lowest BCUT2D eigenvalue weighted by Crippen LogP contribution is -2.48. The van der Waals surface area contributed by atoms with E-state index in [1.54, 1.807) is 11.3 Å². The lowest BCUT2D eigenvalue weighted by atomic mass is 10.0. The Morgan fingerprint density at radius 1 is 1.30 bits per heavy atom. The largest absolute Gasteiger partial charge is 0.491 e. The molecule has 2 atom stereocenters. The number of hydrogen-bond acceptors (Lipinski definition) is 5. The van der Waals surface area contributed by atoms with Gasteiger partial charge in [-0.2, -0.15) is 0 Å². The third-order valence-electron chi connectivity index (χ3n) is 6.08. The number of carbonyl (C=O) groups is 1. The van der Waals surface area contributed by atoms with Crippen LogP contribution in [0.1, 0.15) is 42.7 Å². The number of nitrogens with zero attached hydrogens (tertiary/aromatic N) is 2. The quantitative estimate of drug-likeness (QED) is 0.626. The van der Waals surface area contributed by atoms with Crippen molar-refractivity contribution in [2.45, 2.75) is 44.8 Å². The number of carbonyl (C=O) groups excluding carboxylic acids is 1. The zero-order valence-electron chi connectivity index (χ0n) is 17.7. The fraction of sp³-hybridized carbons (Fsp3) is 0.542. The van der Waals surface area contributed by atoms with Crippen molar-refractivity contribution in [1.29, 1.82) is 0 Å². The predicted molar refractivity (Wildman–Crippen MR) is 120 cm³/mol. The van der Waals surface area contributed by atoms with Crippen LogP contribution in [-0.2, 0) is 11.2 Å². The maximum absolute atomic E-state index is 13.4. The standard InChI is InChI=1S/C24H32N2O3S/c1-2-19(27)15-25(14-18-8-9-18)16-24(28)26-12-10-23-21(11-13-30-23)22(26)17-29-20-6-4-3-5-7-20/h3-7,11,13,18-19,22,27H,2,8-10,12,14-17H2,1H3/t19-,22+/m1/s1. The smallest absolute Gasteiger partial charge is 0.237 e. The van der Waals surface area contributed by atoms with Crippen LogP contribution in [0.15, 0.2) is 41.8 Å². The summed E-state index contributed by atoms with van der Waals surface area (Å²) in [5.41, 5.74) is 1.22. The number of fused-ring (bicyclic) bond motifs is 1. The van der Waals surface area contributed by atoms with Crippen molar-refractivity contribution >= 4 is 17.2 Å². The molecule has 1 aliphatic carbocycles. The molecule has 1 saturated carbocycles. The summed E-state index contributed by atoms with van der Waals surface area (Å²) in [6, 6.07) is 11.9. The zero-order chi connectivity index (χ0) is 20.9. The highest BCUT2D eigenvalue weighted by Crippen LogP contribution is 2.34. The molecular weight excluding hydrogens is 396 g/mol. The third kappa shape index (κ3) is 5.42. The van der Waals surface area contributed by atoms with Gasteiger partial charge in [0.05, 0.1) is 18.7 Å². The van der Waals surface area contributed by atoms with E-state index in [2.05, 4.69) is 16.3 Å². The van der Waals surface area contributed by atoms with Gasteiger partial charge in [-0.3, -0.25) is 9.69 Å². The van der Waals surface area contributed by atoms with Crippen molar-refractivity contribution in [1.82, 2.24) is 9.80 Å². The van der Waals surface area contributed by atoms with E-state index in [0.717, 1.165) is 25.3 Å². The number of benzene rings is 1. The monoisotopic (exact) mass is 428 g/mol. The summed E-state index contributed by atoms with van der Waals surface area (Å²) >= 11 is 1.77. The number of thiophene rings is 1. The first-order valence-corrected chi connectivity index (χ1v) is 12.0. The van der Waals surface area contributed by atoms with Gasteiger partial charge in [-0.25, -0.2) is 0 Å². The van der Waals surface area contributed by atoms with Gasteiger partial charge in [0.1, 0.15) is 12.4 Å². The van der Waals surface area contributed by atoms with Gasteiger partial charge < -0.3 is 14.7 Å². The van der Waals surface area contributed by atoms with E-state index in [1.807, 2.05) is 42.2 Å². The Balaban J connectivity index is 1.46. The maximum atomic E-state index is 13.4. The summed E-state index contributed by atoms with van der Waals surface area (Å²) in [7, 11) is 0. The molecule has 0 unspecified atom stereocenters. The van der Waals surface area contributed by atoms with E-state index >= 15 is 0 Å². The molecule has 1 aromatic carbocycles. The van der Waals surface area contributed by atoms with Crippen LogP contribution in [-0.4, -0.2) is 59.7 Å². The Kier molecular flexibility index (Phi) is 7.08. The normalized spacial score (nSPS) is 19.6. The minimum absolute atomic E-state index is 0.0634. The second kappa shape index (κ2) is 9.94. The Labute approximate surface area is 183 Å². The van der Waals surface area contributed by atoms with E-state index in [1.165, 1.54) is 23.3 Å². The van der Waals surface area contributed by atoms with Crippen molar-refractivity contribution < 1.29 is 14.6 Å². The average molecular weight is 429 g/mol. The SMILES string of the molecule is CC[C@@H](O)CN(CC(=O)N1CCc2sccc2[C@@H]1COc1ccccc1)CC1CC1. The Bertz CT molecular complexity index is 821. The molecule has 0 radical (unpaired) electrons. The summed E-state index contributed by atoms with van der Waals surface area (Å²) < 4.78 is 6.07. The van der Waals surface area contributed by atoms with Crippen LogP contribution >= 0.6 is 11.3 Å². The highest BCUT2D eigenvalue weighted by molar-refractivity contribution is 7.10. The number of rotatable bonds is 10. The first kappa shape index (κ1) is 21.3. The van der Waals surface area contributed by atoms with Gasteiger partial charge in [0.25, 0.3) is 0 Å². The molecule has 1 aromatic heterocycles. The number of amides is 1. The van der Waals surface area contributed by atoms with Crippen molar-refractivity contribution in [3.8, 4) is 5.75 Å². The molecule has 30 heavy (non-hydrogen) atoms. The summed E-state index contributed by atoms with van der Waals surface area (Å²) in [4.78, 5) is 18.9. The predicted octanol–water partition coefficient (Wildman–Crippen LogP) is 3.74. The Hall–Kier alpha value is -1.89. The van der Waals surface area contributed by atoms with Gasteiger partial charge in [-0.05, 0) is 60.7 Å².